The number of nitrogens with zero attached hydrogens (tertiary/aromatic N) is 5. The molecule has 1 saturated carbocycles. The van der Waals surface area contributed by atoms with Crippen LogP contribution in [-0.4, -0.2) is 43.2 Å². The van der Waals surface area contributed by atoms with E-state index in [1.165, 1.54) is 19.3 Å². The molecule has 7 heteroatoms. The van der Waals surface area contributed by atoms with Crippen LogP contribution >= 0.6 is 0 Å². The van der Waals surface area contributed by atoms with Crippen LogP contribution < -0.4 is 5.32 Å². The monoisotopic (exact) mass is 356 g/mol. The average molecular weight is 356 g/mol. The number of carbonyl (C=O) groups excluding carboxylic acids is 1. The molecule has 1 aliphatic carbocycles. The van der Waals surface area contributed by atoms with Crippen molar-refractivity contribution in [3.05, 3.63) is 35.2 Å². The normalized spacial score (nSPS) is 20.7. The Kier molecular flexibility index (Phi) is 4.56. The van der Waals surface area contributed by atoms with Crippen molar-refractivity contribution in [2.45, 2.75) is 45.2 Å². The Labute approximate surface area is 154 Å². The lowest BCUT2D eigenvalue weighted by atomic mass is 9.85. The number of aryl methyl sites for hydroxylation is 3. The van der Waals surface area contributed by atoms with Gasteiger partial charge in [0.1, 0.15) is 0 Å². The quantitative estimate of drug-likeness (QED) is 0.881. The Bertz CT molecular complexity index is 803. The van der Waals surface area contributed by atoms with Gasteiger partial charge in [0.15, 0.2) is 0 Å². The van der Waals surface area contributed by atoms with Gasteiger partial charge in [0, 0.05) is 40.3 Å². The fraction of sp³-hybridized carbons (Fsp3) is 0.632. The second kappa shape index (κ2) is 6.87. The minimum Gasteiger partial charge on any atom is -0.355 e. The molecule has 140 valence electrons. The molecule has 4 rings (SSSR count). The van der Waals surface area contributed by atoms with Gasteiger partial charge in [0.05, 0.1) is 35.0 Å². The molecule has 1 unspecified atom stereocenters. The zero-order chi connectivity index (χ0) is 18.3. The van der Waals surface area contributed by atoms with Crippen molar-refractivity contribution in [2.75, 3.05) is 13.1 Å². The van der Waals surface area contributed by atoms with E-state index >= 15 is 0 Å². The van der Waals surface area contributed by atoms with Gasteiger partial charge in [-0.15, -0.1) is 0 Å². The van der Waals surface area contributed by atoms with E-state index in [1.54, 1.807) is 0 Å². The van der Waals surface area contributed by atoms with Gasteiger partial charge in [-0.1, -0.05) is 6.42 Å². The summed E-state index contributed by atoms with van der Waals surface area (Å²) in [5, 5.41) is 7.62. The van der Waals surface area contributed by atoms with Gasteiger partial charge in [-0.05, 0) is 31.7 Å². The first kappa shape index (κ1) is 17.3. The van der Waals surface area contributed by atoms with Crippen molar-refractivity contribution in [3.63, 3.8) is 0 Å². The maximum atomic E-state index is 12.9. The van der Waals surface area contributed by atoms with Crippen molar-refractivity contribution in [1.82, 2.24) is 29.5 Å². The van der Waals surface area contributed by atoms with Crippen LogP contribution in [0, 0.1) is 12.8 Å². The van der Waals surface area contributed by atoms with E-state index in [9.17, 15) is 4.79 Å². The first-order valence-corrected chi connectivity index (χ1v) is 9.51. The number of aromatic nitrogens is 4. The Balaban J connectivity index is 1.51. The number of rotatable bonds is 5. The maximum absolute atomic E-state index is 12.9. The standard InChI is InChI=1S/C19H28N6O/c1-13-7-15(24(3)22-13)9-25-10-16(18-17(11-25)21-12-23(18)2)19(26)20-8-14-5-4-6-14/h7,12,14,16H,4-6,8-11H2,1-3H3,(H,20,26). The molecule has 0 saturated heterocycles. The van der Waals surface area contributed by atoms with Crippen molar-refractivity contribution in [2.24, 2.45) is 20.0 Å². The predicted octanol–water partition coefficient (Wildman–Crippen LogP) is 1.48. The highest BCUT2D eigenvalue weighted by atomic mass is 16.1. The number of amides is 1. The predicted molar refractivity (Wildman–Crippen MR) is 98.4 cm³/mol. The number of hydrogen-bond acceptors (Lipinski definition) is 4. The van der Waals surface area contributed by atoms with E-state index in [4.69, 9.17) is 0 Å². The summed E-state index contributed by atoms with van der Waals surface area (Å²) in [5.74, 6) is 0.635. The number of fused-ring (bicyclic) bond motifs is 1. The van der Waals surface area contributed by atoms with Gasteiger partial charge in [0.2, 0.25) is 5.91 Å². The number of nitrogens with one attached hydrogen (secondary N) is 1. The molecule has 2 aromatic rings. The molecule has 26 heavy (non-hydrogen) atoms. The number of carbonyl (C=O) groups is 1. The van der Waals surface area contributed by atoms with Gasteiger partial charge < -0.3 is 9.88 Å². The van der Waals surface area contributed by atoms with Crippen LogP contribution in [0.1, 0.15) is 48.0 Å². The molecular formula is C19H28N6O. The maximum Gasteiger partial charge on any atom is 0.230 e. The van der Waals surface area contributed by atoms with Crippen molar-refractivity contribution < 1.29 is 4.79 Å². The summed E-state index contributed by atoms with van der Waals surface area (Å²) in [6, 6.07) is 2.11. The minimum absolute atomic E-state index is 0.132. The fourth-order valence-electron chi connectivity index (χ4n) is 4.11. The topological polar surface area (TPSA) is 68.0 Å². The van der Waals surface area contributed by atoms with Crippen molar-refractivity contribution in [3.8, 4) is 0 Å². The molecule has 1 fully saturated rings. The Hall–Kier alpha value is -2.15. The van der Waals surface area contributed by atoms with Gasteiger partial charge >= 0.3 is 0 Å². The van der Waals surface area contributed by atoms with E-state index < -0.39 is 0 Å². The average Bonchev–Trinajstić information content (AvgIpc) is 3.07. The fourth-order valence-corrected chi connectivity index (χ4v) is 4.11. The van der Waals surface area contributed by atoms with Crippen molar-refractivity contribution >= 4 is 5.91 Å². The Morgan fingerprint density at radius 1 is 1.35 bits per heavy atom. The minimum atomic E-state index is -0.166. The first-order valence-electron chi connectivity index (χ1n) is 9.51. The number of hydrogen-bond donors (Lipinski definition) is 1. The lowest BCUT2D eigenvalue weighted by Crippen LogP contribution is -2.43. The summed E-state index contributed by atoms with van der Waals surface area (Å²) in [5.41, 5.74) is 4.26. The van der Waals surface area contributed by atoms with Crippen LogP contribution in [0.25, 0.3) is 0 Å². The molecule has 0 spiro atoms. The third-order valence-electron chi connectivity index (χ3n) is 5.80. The zero-order valence-electron chi connectivity index (χ0n) is 15.9. The van der Waals surface area contributed by atoms with Crippen LogP contribution in [-0.2, 0) is 32.0 Å². The van der Waals surface area contributed by atoms with Gasteiger partial charge in [-0.3, -0.25) is 14.4 Å². The molecule has 1 amide bonds. The molecule has 0 bridgehead atoms. The highest BCUT2D eigenvalue weighted by molar-refractivity contribution is 5.84. The second-order valence-electron chi connectivity index (χ2n) is 7.85. The smallest absolute Gasteiger partial charge is 0.230 e. The molecule has 0 radical (unpaired) electrons. The SMILES string of the molecule is Cc1cc(CN2Cc3ncn(C)c3C(C(=O)NCC3CCC3)C2)n(C)n1. The Morgan fingerprint density at radius 3 is 2.81 bits per heavy atom. The van der Waals surface area contributed by atoms with Gasteiger partial charge in [-0.25, -0.2) is 4.98 Å². The third-order valence-corrected chi connectivity index (χ3v) is 5.80. The third kappa shape index (κ3) is 3.28. The van der Waals surface area contributed by atoms with E-state index in [-0.39, 0.29) is 11.8 Å². The van der Waals surface area contributed by atoms with Crippen LogP contribution in [0.15, 0.2) is 12.4 Å². The lowest BCUT2D eigenvalue weighted by Gasteiger charge is -2.33. The van der Waals surface area contributed by atoms with Crippen molar-refractivity contribution in [1.29, 1.82) is 0 Å². The summed E-state index contributed by atoms with van der Waals surface area (Å²) >= 11 is 0. The van der Waals surface area contributed by atoms with Gasteiger partial charge in [-0.2, -0.15) is 5.10 Å². The summed E-state index contributed by atoms with van der Waals surface area (Å²) in [7, 11) is 3.96. The molecular weight excluding hydrogens is 328 g/mol. The molecule has 0 aromatic carbocycles. The van der Waals surface area contributed by atoms with Crippen LogP contribution in [0.5, 0.6) is 0 Å². The zero-order valence-corrected chi connectivity index (χ0v) is 15.9. The molecule has 2 aromatic heterocycles. The highest BCUT2D eigenvalue weighted by Gasteiger charge is 2.34. The molecule has 1 atom stereocenters. The van der Waals surface area contributed by atoms with E-state index in [0.29, 0.717) is 12.5 Å². The molecule has 1 aliphatic heterocycles. The Morgan fingerprint density at radius 2 is 2.15 bits per heavy atom. The summed E-state index contributed by atoms with van der Waals surface area (Å²) in [6.45, 7) is 5.08. The van der Waals surface area contributed by atoms with E-state index in [0.717, 1.165) is 42.4 Å². The summed E-state index contributed by atoms with van der Waals surface area (Å²) in [4.78, 5) is 19.8. The van der Waals surface area contributed by atoms with Crippen LogP contribution in [0.2, 0.25) is 0 Å². The summed E-state index contributed by atoms with van der Waals surface area (Å²) < 4.78 is 3.93. The molecule has 2 aliphatic rings. The van der Waals surface area contributed by atoms with Gasteiger partial charge in [0.25, 0.3) is 0 Å². The van der Waals surface area contributed by atoms with Crippen LogP contribution in [0.4, 0.5) is 0 Å². The molecule has 7 nitrogen and oxygen atoms in total. The highest BCUT2D eigenvalue weighted by Crippen LogP contribution is 2.29. The molecule has 1 N–H and O–H groups in total. The van der Waals surface area contributed by atoms with E-state index in [2.05, 4.69) is 26.4 Å². The first-order chi connectivity index (χ1) is 12.5. The second-order valence-corrected chi connectivity index (χ2v) is 7.85. The van der Waals surface area contributed by atoms with Crippen LogP contribution in [0.3, 0.4) is 0 Å². The lowest BCUT2D eigenvalue weighted by molar-refractivity contribution is -0.123. The largest absolute Gasteiger partial charge is 0.355 e. The molecule has 3 heterocycles. The summed E-state index contributed by atoms with van der Waals surface area (Å²) in [6.07, 6.45) is 5.62. The van der Waals surface area contributed by atoms with E-state index in [1.807, 2.05) is 36.6 Å². The number of imidazole rings is 1.